The van der Waals surface area contributed by atoms with Crippen LogP contribution in [0.2, 0.25) is 0 Å². The van der Waals surface area contributed by atoms with E-state index < -0.39 is 5.60 Å². The van der Waals surface area contributed by atoms with E-state index in [2.05, 4.69) is 5.10 Å². The van der Waals surface area contributed by atoms with E-state index >= 15 is 0 Å². The van der Waals surface area contributed by atoms with E-state index in [0.29, 0.717) is 11.4 Å². The lowest BCUT2D eigenvalue weighted by atomic mass is 10.1. The summed E-state index contributed by atoms with van der Waals surface area (Å²) in [4.78, 5) is 13.7. The standard InChI is InChI=1S/C15H20N4O2/c1-15(2,21)10-18(3)14(20)13-8-9-19(17-13)12-6-4-11(16)5-7-12/h4-9,21H,10,16H2,1-3H3. The molecular formula is C15H20N4O2. The summed E-state index contributed by atoms with van der Waals surface area (Å²) in [6, 6.07) is 8.87. The van der Waals surface area contributed by atoms with Crippen molar-refractivity contribution in [2.24, 2.45) is 0 Å². The van der Waals surface area contributed by atoms with E-state index in [-0.39, 0.29) is 12.5 Å². The Hall–Kier alpha value is -2.34. The summed E-state index contributed by atoms with van der Waals surface area (Å²) in [6.45, 7) is 3.55. The Balaban J connectivity index is 2.16. The maximum Gasteiger partial charge on any atom is 0.274 e. The summed E-state index contributed by atoms with van der Waals surface area (Å²) in [6.07, 6.45) is 1.72. The van der Waals surface area contributed by atoms with Crippen molar-refractivity contribution >= 4 is 11.6 Å². The molecule has 0 radical (unpaired) electrons. The predicted molar refractivity (Wildman–Crippen MR) is 81.2 cm³/mol. The third kappa shape index (κ3) is 3.82. The molecule has 3 N–H and O–H groups in total. The van der Waals surface area contributed by atoms with Crippen molar-refractivity contribution in [3.63, 3.8) is 0 Å². The molecule has 0 atom stereocenters. The molecule has 0 aliphatic heterocycles. The molecule has 112 valence electrons. The number of likely N-dealkylation sites (N-methyl/N-ethyl adjacent to an activating group) is 1. The largest absolute Gasteiger partial charge is 0.399 e. The third-order valence-corrected chi connectivity index (χ3v) is 2.94. The van der Waals surface area contributed by atoms with Crippen LogP contribution in [-0.4, -0.2) is 44.9 Å². The van der Waals surface area contributed by atoms with Crippen molar-refractivity contribution in [2.45, 2.75) is 19.4 Å². The first-order valence-corrected chi connectivity index (χ1v) is 6.66. The van der Waals surface area contributed by atoms with Gasteiger partial charge in [0.1, 0.15) is 0 Å². The Bertz CT molecular complexity index is 626. The van der Waals surface area contributed by atoms with Crippen LogP contribution in [0, 0.1) is 0 Å². The summed E-state index contributed by atoms with van der Waals surface area (Å²) >= 11 is 0. The van der Waals surface area contributed by atoms with E-state index in [0.717, 1.165) is 5.69 Å². The van der Waals surface area contributed by atoms with E-state index in [9.17, 15) is 9.90 Å². The summed E-state index contributed by atoms with van der Waals surface area (Å²) in [5.41, 5.74) is 6.53. The van der Waals surface area contributed by atoms with E-state index in [4.69, 9.17) is 5.73 Å². The van der Waals surface area contributed by atoms with Gasteiger partial charge in [0.05, 0.1) is 11.3 Å². The zero-order valence-corrected chi connectivity index (χ0v) is 12.4. The summed E-state index contributed by atoms with van der Waals surface area (Å²) < 4.78 is 1.62. The highest BCUT2D eigenvalue weighted by atomic mass is 16.3. The first-order valence-electron chi connectivity index (χ1n) is 6.66. The number of hydrogen-bond donors (Lipinski definition) is 2. The van der Waals surface area contributed by atoms with Crippen molar-refractivity contribution in [3.8, 4) is 5.69 Å². The molecule has 6 heteroatoms. The topological polar surface area (TPSA) is 84.4 Å². The number of nitrogens with zero attached hydrogens (tertiary/aromatic N) is 3. The minimum Gasteiger partial charge on any atom is -0.399 e. The highest BCUT2D eigenvalue weighted by molar-refractivity contribution is 5.92. The van der Waals surface area contributed by atoms with Crippen LogP contribution in [0.1, 0.15) is 24.3 Å². The number of carbonyl (C=O) groups excluding carboxylic acids is 1. The monoisotopic (exact) mass is 288 g/mol. The molecular weight excluding hydrogens is 268 g/mol. The zero-order chi connectivity index (χ0) is 15.6. The number of nitrogen functional groups attached to an aromatic ring is 1. The van der Waals surface area contributed by atoms with E-state index in [1.807, 2.05) is 12.1 Å². The molecule has 0 aliphatic rings. The molecule has 1 aromatic heterocycles. The second-order valence-electron chi connectivity index (χ2n) is 5.71. The van der Waals surface area contributed by atoms with Gasteiger partial charge >= 0.3 is 0 Å². The molecule has 1 heterocycles. The summed E-state index contributed by atoms with van der Waals surface area (Å²) in [5, 5.41) is 14.0. The number of amides is 1. The summed E-state index contributed by atoms with van der Waals surface area (Å²) in [5.74, 6) is -0.230. The number of rotatable bonds is 4. The van der Waals surface area contributed by atoms with E-state index in [1.54, 1.807) is 50.0 Å². The molecule has 0 aliphatic carbocycles. The number of anilines is 1. The van der Waals surface area contributed by atoms with Crippen molar-refractivity contribution < 1.29 is 9.90 Å². The Labute approximate surface area is 123 Å². The highest BCUT2D eigenvalue weighted by Crippen LogP contribution is 2.12. The Morgan fingerprint density at radius 3 is 2.52 bits per heavy atom. The van der Waals surface area contributed by atoms with Crippen LogP contribution in [0.3, 0.4) is 0 Å². The Morgan fingerprint density at radius 1 is 1.33 bits per heavy atom. The lowest BCUT2D eigenvalue weighted by Crippen LogP contribution is -2.39. The second-order valence-corrected chi connectivity index (χ2v) is 5.71. The number of benzene rings is 1. The van der Waals surface area contributed by atoms with Gasteiger partial charge in [0.25, 0.3) is 5.91 Å². The van der Waals surface area contributed by atoms with Gasteiger partial charge in [-0.3, -0.25) is 4.79 Å². The lowest BCUT2D eigenvalue weighted by molar-refractivity contribution is 0.0364. The van der Waals surface area contributed by atoms with Gasteiger partial charge in [0.15, 0.2) is 5.69 Å². The molecule has 0 saturated carbocycles. The van der Waals surface area contributed by atoms with Crippen LogP contribution < -0.4 is 5.73 Å². The molecule has 1 amide bonds. The van der Waals surface area contributed by atoms with E-state index in [1.165, 1.54) is 4.90 Å². The van der Waals surface area contributed by atoms with Gasteiger partial charge in [-0.1, -0.05) is 0 Å². The quantitative estimate of drug-likeness (QED) is 0.830. The molecule has 2 aromatic rings. The molecule has 0 bridgehead atoms. The van der Waals surface area contributed by atoms with Crippen LogP contribution in [0.4, 0.5) is 5.69 Å². The fraction of sp³-hybridized carbons (Fsp3) is 0.333. The van der Waals surface area contributed by atoms with Gasteiger partial charge in [-0.25, -0.2) is 4.68 Å². The van der Waals surface area contributed by atoms with Gasteiger partial charge < -0.3 is 15.7 Å². The third-order valence-electron chi connectivity index (χ3n) is 2.94. The normalized spacial score (nSPS) is 11.4. The van der Waals surface area contributed by atoms with Gasteiger partial charge in [-0.15, -0.1) is 0 Å². The van der Waals surface area contributed by atoms with Crippen molar-refractivity contribution in [1.82, 2.24) is 14.7 Å². The maximum absolute atomic E-state index is 12.2. The molecule has 21 heavy (non-hydrogen) atoms. The highest BCUT2D eigenvalue weighted by Gasteiger charge is 2.21. The van der Waals surface area contributed by atoms with Gasteiger partial charge in [0, 0.05) is 25.5 Å². The maximum atomic E-state index is 12.2. The van der Waals surface area contributed by atoms with Crippen LogP contribution in [-0.2, 0) is 0 Å². The molecule has 1 aromatic carbocycles. The van der Waals surface area contributed by atoms with Crippen molar-refractivity contribution in [1.29, 1.82) is 0 Å². The number of hydrogen-bond acceptors (Lipinski definition) is 4. The lowest BCUT2D eigenvalue weighted by Gasteiger charge is -2.24. The first-order chi connectivity index (χ1) is 9.76. The number of nitrogens with two attached hydrogens (primary N) is 1. The minimum atomic E-state index is -0.941. The predicted octanol–water partition coefficient (Wildman–Crippen LogP) is 1.30. The average molecular weight is 288 g/mol. The molecule has 0 saturated heterocycles. The van der Waals surface area contributed by atoms with Crippen LogP contribution in [0.25, 0.3) is 5.69 Å². The number of carbonyl (C=O) groups is 1. The van der Waals surface area contributed by atoms with Crippen LogP contribution in [0.5, 0.6) is 0 Å². The average Bonchev–Trinajstić information content (AvgIpc) is 2.86. The van der Waals surface area contributed by atoms with Crippen molar-refractivity contribution in [3.05, 3.63) is 42.2 Å². The minimum absolute atomic E-state index is 0.230. The second kappa shape index (κ2) is 5.57. The first kappa shape index (κ1) is 15.1. The van der Waals surface area contributed by atoms with Crippen LogP contribution >= 0.6 is 0 Å². The Kier molecular flexibility index (Phi) is 3.99. The van der Waals surface area contributed by atoms with Crippen molar-refractivity contribution in [2.75, 3.05) is 19.3 Å². The number of aromatic nitrogens is 2. The number of aliphatic hydroxyl groups is 1. The molecule has 0 fully saturated rings. The van der Waals surface area contributed by atoms with Crippen LogP contribution in [0.15, 0.2) is 36.5 Å². The van der Waals surface area contributed by atoms with Gasteiger partial charge in [0.2, 0.25) is 0 Å². The fourth-order valence-electron chi connectivity index (χ4n) is 2.06. The van der Waals surface area contributed by atoms with Gasteiger partial charge in [-0.2, -0.15) is 5.10 Å². The smallest absolute Gasteiger partial charge is 0.274 e. The molecule has 0 unspecified atom stereocenters. The summed E-state index contributed by atoms with van der Waals surface area (Å²) in [7, 11) is 1.64. The SMILES string of the molecule is CN(CC(C)(C)O)C(=O)c1ccn(-c2ccc(N)cc2)n1. The fourth-order valence-corrected chi connectivity index (χ4v) is 2.06. The van der Waals surface area contributed by atoms with Gasteiger partial charge in [-0.05, 0) is 44.2 Å². The zero-order valence-electron chi connectivity index (χ0n) is 12.4. The molecule has 6 nitrogen and oxygen atoms in total. The molecule has 2 rings (SSSR count). The Morgan fingerprint density at radius 2 is 1.95 bits per heavy atom. The molecule has 0 spiro atoms.